The summed E-state index contributed by atoms with van der Waals surface area (Å²) < 4.78 is 0. The Balaban J connectivity index is 1.97. The number of carbonyl (C=O) groups is 2. The first kappa shape index (κ1) is 17.9. The first-order valence-corrected chi connectivity index (χ1v) is 7.58. The van der Waals surface area contributed by atoms with Gasteiger partial charge < -0.3 is 16.0 Å². The smallest absolute Gasteiger partial charge is 0.323 e. The third-order valence-electron chi connectivity index (χ3n) is 3.14. The summed E-state index contributed by atoms with van der Waals surface area (Å²) in [5, 5.41) is 18.6. The van der Waals surface area contributed by atoms with Crippen molar-refractivity contribution < 1.29 is 14.5 Å². The number of nitrogens with one attached hydrogen (secondary N) is 3. The van der Waals surface area contributed by atoms with Crippen LogP contribution in [0.1, 0.15) is 24.2 Å². The second kappa shape index (κ2) is 7.91. The van der Waals surface area contributed by atoms with Crippen LogP contribution in [0.5, 0.6) is 0 Å². The van der Waals surface area contributed by atoms with Crippen LogP contribution in [0.3, 0.4) is 0 Å². The number of nitrogens with zero attached hydrogens (tertiary/aromatic N) is 1. The van der Waals surface area contributed by atoms with Crippen molar-refractivity contribution in [2.24, 2.45) is 0 Å². The Hall–Kier alpha value is -3.42. The molecule has 3 amide bonds. The van der Waals surface area contributed by atoms with Gasteiger partial charge in [-0.1, -0.05) is 6.07 Å². The molecular weight excluding hydrogens is 324 g/mol. The fraction of sp³-hybridized carbons (Fsp3) is 0.176. The van der Waals surface area contributed by atoms with Gasteiger partial charge in [0, 0.05) is 35.1 Å². The van der Waals surface area contributed by atoms with Gasteiger partial charge in [0.2, 0.25) is 0 Å². The standard InChI is InChI=1S/C17H18N4O4/c1-11(2)18-16(22)12-6-8-13(9-7-12)19-17(23)20-14-4-3-5-15(10-14)21(24)25/h3-11H,1-2H3,(H,18,22)(H2,19,20,23). The van der Waals surface area contributed by atoms with Crippen LogP contribution < -0.4 is 16.0 Å². The average molecular weight is 342 g/mol. The van der Waals surface area contributed by atoms with Crippen LogP contribution >= 0.6 is 0 Å². The van der Waals surface area contributed by atoms with Crippen LogP contribution in [-0.4, -0.2) is 22.9 Å². The van der Waals surface area contributed by atoms with Crippen molar-refractivity contribution in [3.05, 3.63) is 64.2 Å². The minimum atomic E-state index is -0.542. The summed E-state index contributed by atoms with van der Waals surface area (Å²) in [6, 6.07) is 11.5. The average Bonchev–Trinajstić information content (AvgIpc) is 2.55. The van der Waals surface area contributed by atoms with E-state index in [0.717, 1.165) is 0 Å². The normalized spacial score (nSPS) is 10.2. The first-order valence-electron chi connectivity index (χ1n) is 7.58. The number of hydrogen-bond acceptors (Lipinski definition) is 4. The van der Waals surface area contributed by atoms with Gasteiger partial charge in [-0.15, -0.1) is 0 Å². The summed E-state index contributed by atoms with van der Waals surface area (Å²) in [5.41, 5.74) is 1.17. The molecule has 0 radical (unpaired) electrons. The number of amides is 3. The van der Waals surface area contributed by atoms with Gasteiger partial charge in [0.15, 0.2) is 0 Å². The van der Waals surface area contributed by atoms with E-state index in [-0.39, 0.29) is 17.6 Å². The monoisotopic (exact) mass is 342 g/mol. The number of hydrogen-bond donors (Lipinski definition) is 3. The van der Waals surface area contributed by atoms with Gasteiger partial charge in [0.25, 0.3) is 11.6 Å². The Labute approximate surface area is 144 Å². The molecule has 0 spiro atoms. The third kappa shape index (κ3) is 5.31. The third-order valence-corrected chi connectivity index (χ3v) is 3.14. The lowest BCUT2D eigenvalue weighted by molar-refractivity contribution is -0.384. The molecule has 0 heterocycles. The summed E-state index contributed by atoms with van der Waals surface area (Å²) in [6.07, 6.45) is 0. The molecule has 0 atom stereocenters. The van der Waals surface area contributed by atoms with Crippen molar-refractivity contribution in [3.8, 4) is 0 Å². The topological polar surface area (TPSA) is 113 Å². The molecule has 2 aromatic rings. The summed E-state index contributed by atoms with van der Waals surface area (Å²) in [6.45, 7) is 3.73. The highest BCUT2D eigenvalue weighted by Crippen LogP contribution is 2.17. The highest BCUT2D eigenvalue weighted by atomic mass is 16.6. The van der Waals surface area contributed by atoms with E-state index < -0.39 is 11.0 Å². The fourth-order valence-electron chi connectivity index (χ4n) is 2.04. The van der Waals surface area contributed by atoms with E-state index >= 15 is 0 Å². The Kier molecular flexibility index (Phi) is 5.67. The molecule has 130 valence electrons. The zero-order valence-electron chi connectivity index (χ0n) is 13.8. The zero-order chi connectivity index (χ0) is 18.4. The quantitative estimate of drug-likeness (QED) is 0.571. The lowest BCUT2D eigenvalue weighted by atomic mass is 10.2. The van der Waals surface area contributed by atoms with Crippen LogP contribution in [0.4, 0.5) is 21.9 Å². The van der Waals surface area contributed by atoms with Crippen LogP contribution in [0.2, 0.25) is 0 Å². The molecule has 8 heteroatoms. The Morgan fingerprint density at radius 3 is 2.24 bits per heavy atom. The van der Waals surface area contributed by atoms with Gasteiger partial charge in [-0.05, 0) is 44.2 Å². The van der Waals surface area contributed by atoms with Crippen molar-refractivity contribution in [1.29, 1.82) is 0 Å². The highest BCUT2D eigenvalue weighted by molar-refractivity contribution is 6.00. The van der Waals surface area contributed by atoms with Crippen LogP contribution in [-0.2, 0) is 0 Å². The van der Waals surface area contributed by atoms with Gasteiger partial charge in [-0.3, -0.25) is 14.9 Å². The van der Waals surface area contributed by atoms with Crippen LogP contribution in [0.15, 0.2) is 48.5 Å². The summed E-state index contributed by atoms with van der Waals surface area (Å²) in [4.78, 5) is 34.0. The van der Waals surface area contributed by atoms with Gasteiger partial charge >= 0.3 is 6.03 Å². The largest absolute Gasteiger partial charge is 0.350 e. The van der Waals surface area contributed by atoms with Gasteiger partial charge in [-0.25, -0.2) is 4.79 Å². The van der Waals surface area contributed by atoms with Crippen molar-refractivity contribution in [3.63, 3.8) is 0 Å². The predicted molar refractivity (Wildman–Crippen MR) is 94.8 cm³/mol. The van der Waals surface area contributed by atoms with Crippen molar-refractivity contribution in [2.75, 3.05) is 10.6 Å². The number of carbonyl (C=O) groups excluding carboxylic acids is 2. The lowest BCUT2D eigenvalue weighted by Crippen LogP contribution is -2.30. The molecule has 0 unspecified atom stereocenters. The maximum Gasteiger partial charge on any atom is 0.323 e. The molecule has 25 heavy (non-hydrogen) atoms. The van der Waals surface area contributed by atoms with E-state index in [0.29, 0.717) is 16.9 Å². The Bertz CT molecular complexity index is 787. The molecule has 0 saturated heterocycles. The second-order valence-corrected chi connectivity index (χ2v) is 5.59. The molecular formula is C17H18N4O4. The number of anilines is 2. The first-order chi connectivity index (χ1) is 11.8. The fourth-order valence-corrected chi connectivity index (χ4v) is 2.04. The number of benzene rings is 2. The molecule has 0 aliphatic carbocycles. The molecule has 0 aliphatic heterocycles. The van der Waals surface area contributed by atoms with Crippen molar-refractivity contribution in [1.82, 2.24) is 5.32 Å². The maximum absolute atomic E-state index is 12.0. The van der Waals surface area contributed by atoms with E-state index in [1.165, 1.54) is 18.2 Å². The summed E-state index contributed by atoms with van der Waals surface area (Å²) >= 11 is 0. The number of rotatable bonds is 5. The number of nitro groups is 1. The van der Waals surface area contributed by atoms with Crippen LogP contribution in [0.25, 0.3) is 0 Å². The number of urea groups is 1. The molecule has 2 aromatic carbocycles. The molecule has 8 nitrogen and oxygen atoms in total. The molecule has 0 saturated carbocycles. The predicted octanol–water partition coefficient (Wildman–Crippen LogP) is 3.38. The molecule has 2 rings (SSSR count). The van der Waals surface area contributed by atoms with Gasteiger partial charge in [0.1, 0.15) is 0 Å². The maximum atomic E-state index is 12.0. The van der Waals surface area contributed by atoms with Crippen molar-refractivity contribution in [2.45, 2.75) is 19.9 Å². The molecule has 0 aromatic heterocycles. The number of nitro benzene ring substituents is 1. The Morgan fingerprint density at radius 2 is 1.64 bits per heavy atom. The minimum absolute atomic E-state index is 0.0333. The van der Waals surface area contributed by atoms with E-state index in [9.17, 15) is 19.7 Å². The van der Waals surface area contributed by atoms with Gasteiger partial charge in [-0.2, -0.15) is 0 Å². The van der Waals surface area contributed by atoms with E-state index in [1.54, 1.807) is 30.3 Å². The summed E-state index contributed by atoms with van der Waals surface area (Å²) in [7, 11) is 0. The van der Waals surface area contributed by atoms with E-state index in [2.05, 4.69) is 16.0 Å². The van der Waals surface area contributed by atoms with E-state index in [4.69, 9.17) is 0 Å². The molecule has 3 N–H and O–H groups in total. The SMILES string of the molecule is CC(C)NC(=O)c1ccc(NC(=O)Nc2cccc([N+](=O)[O-])c2)cc1. The van der Waals surface area contributed by atoms with Gasteiger partial charge in [0.05, 0.1) is 4.92 Å². The number of non-ortho nitro benzene ring substituents is 1. The molecule has 0 aliphatic rings. The minimum Gasteiger partial charge on any atom is -0.350 e. The van der Waals surface area contributed by atoms with Crippen molar-refractivity contribution >= 4 is 29.0 Å². The molecule has 0 bridgehead atoms. The highest BCUT2D eigenvalue weighted by Gasteiger charge is 2.09. The zero-order valence-corrected chi connectivity index (χ0v) is 13.8. The second-order valence-electron chi connectivity index (χ2n) is 5.59. The lowest BCUT2D eigenvalue weighted by Gasteiger charge is -2.10. The summed E-state index contributed by atoms with van der Waals surface area (Å²) in [5.74, 6) is -0.192. The van der Waals surface area contributed by atoms with E-state index in [1.807, 2.05) is 13.8 Å². The Morgan fingerprint density at radius 1 is 1.00 bits per heavy atom. The molecule has 0 fully saturated rings. The van der Waals surface area contributed by atoms with Crippen LogP contribution in [0, 0.1) is 10.1 Å².